The lowest BCUT2D eigenvalue weighted by atomic mass is 9.94. The zero-order chi connectivity index (χ0) is 11.6. The van der Waals surface area contributed by atoms with Crippen molar-refractivity contribution in [2.75, 3.05) is 0 Å². The summed E-state index contributed by atoms with van der Waals surface area (Å²) >= 11 is 0. The lowest BCUT2D eigenvalue weighted by molar-refractivity contribution is -0.139. The number of benzene rings is 1. The molecule has 0 heterocycles. The highest BCUT2D eigenvalue weighted by atomic mass is 19.2. The molecule has 0 aliphatic rings. The van der Waals surface area contributed by atoms with Crippen LogP contribution in [-0.2, 0) is 10.4 Å². The van der Waals surface area contributed by atoms with Crippen LogP contribution >= 0.6 is 0 Å². The zero-order valence-corrected chi connectivity index (χ0v) is 7.92. The van der Waals surface area contributed by atoms with Crippen LogP contribution in [0.1, 0.15) is 12.5 Å². The molecule has 82 valence electrons. The molecule has 1 atom stereocenters. The maximum Gasteiger partial charge on any atom is 0.270 e. The lowest BCUT2D eigenvalue weighted by Crippen LogP contribution is -2.46. The van der Waals surface area contributed by atoms with E-state index in [0.29, 0.717) is 0 Å². The number of halogens is 2. The van der Waals surface area contributed by atoms with E-state index in [1.165, 1.54) is 6.07 Å². The molecule has 15 heavy (non-hydrogen) atoms. The molecule has 0 aliphatic heterocycles. The molecule has 0 unspecified atom stereocenters. The van der Waals surface area contributed by atoms with Crippen LogP contribution in [0.4, 0.5) is 8.78 Å². The second kappa shape index (κ2) is 3.92. The van der Waals surface area contributed by atoms with Crippen molar-refractivity contribution in [2.24, 2.45) is 5.84 Å². The highest BCUT2D eigenvalue weighted by molar-refractivity contribution is 5.85. The summed E-state index contributed by atoms with van der Waals surface area (Å²) in [6.45, 7) is 1.02. The second-order valence-electron chi connectivity index (χ2n) is 3.15. The standard InChI is InChI=1S/C9H10F2N2O2/c1-9(15,8(14)13-12)5-3-2-4-6(10)7(5)11/h2-4,15H,12H2,1H3,(H,13,14)/t9-/m1/s1. The maximum absolute atomic E-state index is 13.2. The fourth-order valence-corrected chi connectivity index (χ4v) is 1.14. The zero-order valence-electron chi connectivity index (χ0n) is 7.92. The van der Waals surface area contributed by atoms with Gasteiger partial charge in [-0.2, -0.15) is 0 Å². The Balaban J connectivity index is 3.27. The van der Waals surface area contributed by atoms with Gasteiger partial charge in [0, 0.05) is 5.56 Å². The molecular formula is C9H10F2N2O2. The van der Waals surface area contributed by atoms with Gasteiger partial charge in [0.05, 0.1) is 0 Å². The third-order valence-electron chi connectivity index (χ3n) is 2.05. The van der Waals surface area contributed by atoms with Gasteiger partial charge in [-0.15, -0.1) is 0 Å². The van der Waals surface area contributed by atoms with E-state index in [-0.39, 0.29) is 0 Å². The van der Waals surface area contributed by atoms with E-state index < -0.39 is 28.7 Å². The van der Waals surface area contributed by atoms with Crippen molar-refractivity contribution in [1.29, 1.82) is 0 Å². The lowest BCUT2D eigenvalue weighted by Gasteiger charge is -2.21. The highest BCUT2D eigenvalue weighted by Crippen LogP contribution is 2.24. The Kier molecular flexibility index (Phi) is 3.01. The van der Waals surface area contributed by atoms with Gasteiger partial charge >= 0.3 is 0 Å². The predicted octanol–water partition coefficient (Wildman–Crippen LogP) is 0.162. The third kappa shape index (κ3) is 1.95. The van der Waals surface area contributed by atoms with Gasteiger partial charge < -0.3 is 5.11 Å². The minimum Gasteiger partial charge on any atom is -0.375 e. The number of nitrogens with one attached hydrogen (secondary N) is 1. The minimum atomic E-state index is -2.21. The largest absolute Gasteiger partial charge is 0.375 e. The number of hydrazine groups is 1. The predicted molar refractivity (Wildman–Crippen MR) is 48.3 cm³/mol. The van der Waals surface area contributed by atoms with Crippen molar-refractivity contribution < 1.29 is 18.7 Å². The van der Waals surface area contributed by atoms with Crippen molar-refractivity contribution in [3.63, 3.8) is 0 Å². The molecule has 0 saturated carbocycles. The average Bonchev–Trinajstić information content (AvgIpc) is 2.20. The first-order chi connectivity index (χ1) is 6.91. The summed E-state index contributed by atoms with van der Waals surface area (Å²) in [6, 6.07) is 3.18. The number of carbonyl (C=O) groups is 1. The van der Waals surface area contributed by atoms with Crippen molar-refractivity contribution in [2.45, 2.75) is 12.5 Å². The summed E-state index contributed by atoms with van der Waals surface area (Å²) in [5.74, 6) is 1.37. The van der Waals surface area contributed by atoms with E-state index in [0.717, 1.165) is 19.1 Å². The molecule has 0 aliphatic carbocycles. The molecule has 1 amide bonds. The minimum absolute atomic E-state index is 0.467. The topological polar surface area (TPSA) is 75.3 Å². The first kappa shape index (κ1) is 11.5. The molecule has 0 spiro atoms. The summed E-state index contributed by atoms with van der Waals surface area (Å²) in [7, 11) is 0. The normalized spacial score (nSPS) is 14.5. The van der Waals surface area contributed by atoms with Gasteiger partial charge in [-0.1, -0.05) is 12.1 Å². The van der Waals surface area contributed by atoms with Crippen molar-refractivity contribution >= 4 is 5.91 Å². The number of hydrogen-bond donors (Lipinski definition) is 3. The average molecular weight is 216 g/mol. The van der Waals surface area contributed by atoms with Crippen LogP contribution in [0.25, 0.3) is 0 Å². The SMILES string of the molecule is C[C@](O)(C(=O)NN)c1cccc(F)c1F. The molecule has 0 radical (unpaired) electrons. The first-order valence-electron chi connectivity index (χ1n) is 4.09. The summed E-state index contributed by atoms with van der Waals surface area (Å²) in [5.41, 5.74) is -1.00. The van der Waals surface area contributed by atoms with E-state index in [2.05, 4.69) is 0 Å². The number of hydrogen-bond acceptors (Lipinski definition) is 3. The van der Waals surface area contributed by atoms with Gasteiger partial charge in [-0.3, -0.25) is 10.2 Å². The molecule has 0 saturated heterocycles. The van der Waals surface area contributed by atoms with Gasteiger partial charge in [0.1, 0.15) is 0 Å². The van der Waals surface area contributed by atoms with Crippen LogP contribution < -0.4 is 11.3 Å². The van der Waals surface area contributed by atoms with E-state index in [1.807, 2.05) is 0 Å². The number of nitrogens with two attached hydrogens (primary N) is 1. The third-order valence-corrected chi connectivity index (χ3v) is 2.05. The smallest absolute Gasteiger partial charge is 0.270 e. The van der Waals surface area contributed by atoms with Crippen molar-refractivity contribution in [3.05, 3.63) is 35.4 Å². The second-order valence-corrected chi connectivity index (χ2v) is 3.15. The van der Waals surface area contributed by atoms with Crippen molar-refractivity contribution in [3.8, 4) is 0 Å². The summed E-state index contributed by atoms with van der Waals surface area (Å²) in [5, 5.41) is 9.66. The van der Waals surface area contributed by atoms with E-state index >= 15 is 0 Å². The van der Waals surface area contributed by atoms with E-state index in [1.54, 1.807) is 5.43 Å². The molecule has 4 N–H and O–H groups in total. The van der Waals surface area contributed by atoms with Gasteiger partial charge in [0.2, 0.25) is 0 Å². The summed E-state index contributed by atoms with van der Waals surface area (Å²) in [6.07, 6.45) is 0. The van der Waals surface area contributed by atoms with Crippen molar-refractivity contribution in [1.82, 2.24) is 5.43 Å². The molecule has 0 fully saturated rings. The van der Waals surface area contributed by atoms with Crippen LogP contribution in [-0.4, -0.2) is 11.0 Å². The van der Waals surface area contributed by atoms with E-state index in [9.17, 15) is 18.7 Å². The van der Waals surface area contributed by atoms with Crippen LogP contribution in [0.5, 0.6) is 0 Å². The number of rotatable bonds is 2. The van der Waals surface area contributed by atoms with Gasteiger partial charge in [-0.05, 0) is 13.0 Å². The molecule has 0 aromatic heterocycles. The fraction of sp³-hybridized carbons (Fsp3) is 0.222. The van der Waals surface area contributed by atoms with Gasteiger partial charge in [0.25, 0.3) is 5.91 Å². The molecule has 1 rings (SSSR count). The Labute approximate surface area is 84.7 Å². The Bertz CT molecular complexity index is 394. The van der Waals surface area contributed by atoms with Crippen LogP contribution in [0.2, 0.25) is 0 Å². The maximum atomic E-state index is 13.2. The monoisotopic (exact) mass is 216 g/mol. The molecular weight excluding hydrogens is 206 g/mol. The Morgan fingerprint density at radius 1 is 1.53 bits per heavy atom. The highest BCUT2D eigenvalue weighted by Gasteiger charge is 2.35. The Hall–Kier alpha value is -1.53. The van der Waals surface area contributed by atoms with Gasteiger partial charge in [-0.25, -0.2) is 14.6 Å². The molecule has 1 aromatic carbocycles. The molecule has 4 nitrogen and oxygen atoms in total. The Morgan fingerprint density at radius 3 is 2.67 bits per heavy atom. The summed E-state index contributed by atoms with van der Waals surface area (Å²) in [4.78, 5) is 11.1. The van der Waals surface area contributed by atoms with Crippen LogP contribution in [0.15, 0.2) is 18.2 Å². The fourth-order valence-electron chi connectivity index (χ4n) is 1.14. The number of amides is 1. The van der Waals surface area contributed by atoms with Gasteiger partial charge in [0.15, 0.2) is 17.2 Å². The van der Waals surface area contributed by atoms with Crippen LogP contribution in [0, 0.1) is 11.6 Å². The molecule has 1 aromatic rings. The number of carbonyl (C=O) groups excluding carboxylic acids is 1. The Morgan fingerprint density at radius 2 is 2.13 bits per heavy atom. The summed E-state index contributed by atoms with van der Waals surface area (Å²) < 4.78 is 26.1. The molecule has 6 heteroatoms. The van der Waals surface area contributed by atoms with Crippen LogP contribution in [0.3, 0.4) is 0 Å². The first-order valence-corrected chi connectivity index (χ1v) is 4.09. The van der Waals surface area contributed by atoms with E-state index in [4.69, 9.17) is 5.84 Å². The molecule has 0 bridgehead atoms. The number of aliphatic hydroxyl groups is 1. The quantitative estimate of drug-likeness (QED) is 0.374.